The van der Waals surface area contributed by atoms with Crippen molar-refractivity contribution in [2.75, 3.05) is 0 Å². The molecule has 1 saturated carbocycles. The minimum Gasteiger partial charge on any atom is -0.236 e. The maximum atomic E-state index is 12.6. The fraction of sp³-hybridized carbons (Fsp3) is 0.400. The van der Waals surface area contributed by atoms with Crippen LogP contribution in [0.5, 0.6) is 0 Å². The number of benzene rings is 1. The number of hydrogen-bond donors (Lipinski definition) is 1. The summed E-state index contributed by atoms with van der Waals surface area (Å²) in [6.07, 6.45) is 3.72. The van der Waals surface area contributed by atoms with Gasteiger partial charge in [-0.05, 0) is 56.0 Å². The highest BCUT2D eigenvalue weighted by Gasteiger charge is 2.39. The lowest BCUT2D eigenvalue weighted by atomic mass is 9.76. The molecular formula is C15H17ClN2O2S. The van der Waals surface area contributed by atoms with Crippen LogP contribution >= 0.6 is 11.6 Å². The first-order chi connectivity index (χ1) is 9.94. The Morgan fingerprint density at radius 2 is 2.05 bits per heavy atom. The summed E-state index contributed by atoms with van der Waals surface area (Å²) in [4.78, 5) is 4.44. The second kappa shape index (κ2) is 5.23. The zero-order valence-electron chi connectivity index (χ0n) is 11.8. The van der Waals surface area contributed by atoms with E-state index >= 15 is 0 Å². The van der Waals surface area contributed by atoms with Gasteiger partial charge < -0.3 is 0 Å². The quantitative estimate of drug-likeness (QED) is 0.876. The molecule has 0 atom stereocenters. The van der Waals surface area contributed by atoms with Gasteiger partial charge in [-0.15, -0.1) is 0 Å². The molecule has 1 aliphatic rings. The Morgan fingerprint density at radius 3 is 2.67 bits per heavy atom. The van der Waals surface area contributed by atoms with Crippen molar-refractivity contribution in [3.05, 3.63) is 35.5 Å². The normalized spacial score (nSPS) is 17.6. The van der Waals surface area contributed by atoms with Gasteiger partial charge in [0.05, 0.1) is 10.4 Å². The van der Waals surface area contributed by atoms with Gasteiger partial charge in [-0.2, -0.15) is 0 Å². The third-order valence-electron chi connectivity index (χ3n) is 4.28. The predicted molar refractivity (Wildman–Crippen MR) is 83.9 cm³/mol. The summed E-state index contributed by atoms with van der Waals surface area (Å²) in [6.45, 7) is 2.02. The average Bonchev–Trinajstić information content (AvgIpc) is 2.42. The van der Waals surface area contributed by atoms with Crippen LogP contribution in [0.2, 0.25) is 5.15 Å². The van der Waals surface area contributed by atoms with Crippen molar-refractivity contribution in [1.29, 1.82) is 0 Å². The lowest BCUT2D eigenvalue weighted by Gasteiger charge is -2.41. The van der Waals surface area contributed by atoms with Crippen LogP contribution in [0.3, 0.4) is 0 Å². The molecule has 3 rings (SSSR count). The van der Waals surface area contributed by atoms with E-state index in [-0.39, 0.29) is 10.4 Å². The average molecular weight is 325 g/mol. The molecule has 1 heterocycles. The molecule has 0 bridgehead atoms. The highest BCUT2D eigenvalue weighted by atomic mass is 35.5. The van der Waals surface area contributed by atoms with Gasteiger partial charge in [0.15, 0.2) is 0 Å². The molecule has 1 aliphatic carbocycles. The van der Waals surface area contributed by atoms with Gasteiger partial charge in [0.25, 0.3) is 0 Å². The Hall–Kier alpha value is -1.17. The maximum absolute atomic E-state index is 12.6. The van der Waals surface area contributed by atoms with E-state index in [0.717, 1.165) is 31.1 Å². The van der Waals surface area contributed by atoms with E-state index in [2.05, 4.69) is 9.71 Å². The van der Waals surface area contributed by atoms with Crippen molar-refractivity contribution in [1.82, 2.24) is 9.71 Å². The molecule has 1 aromatic carbocycles. The van der Waals surface area contributed by atoms with Crippen LogP contribution in [0.1, 0.15) is 32.6 Å². The number of sulfonamides is 1. The fourth-order valence-corrected chi connectivity index (χ4v) is 4.44. The van der Waals surface area contributed by atoms with Crippen LogP contribution in [-0.2, 0) is 10.0 Å². The highest BCUT2D eigenvalue weighted by Crippen LogP contribution is 2.36. The Balaban J connectivity index is 1.97. The van der Waals surface area contributed by atoms with Crippen molar-refractivity contribution in [2.45, 2.75) is 43.0 Å². The first kappa shape index (κ1) is 14.8. The van der Waals surface area contributed by atoms with Crippen molar-refractivity contribution < 1.29 is 8.42 Å². The van der Waals surface area contributed by atoms with Crippen LogP contribution in [0.15, 0.2) is 35.2 Å². The third-order valence-corrected chi connectivity index (χ3v) is 6.06. The Bertz CT molecular complexity index is 780. The first-order valence-electron chi connectivity index (χ1n) is 7.04. The SMILES string of the molecule is CCC1(NS(=O)(=O)c2ccc3nc(Cl)ccc3c2)CCC1. The maximum Gasteiger partial charge on any atom is 0.241 e. The standard InChI is InChI=1S/C15H17ClN2O2S/c1-2-15(8-3-9-15)18-21(19,20)12-5-6-13-11(10-12)4-7-14(16)17-13/h4-7,10,18H,2-3,8-9H2,1H3. The van der Waals surface area contributed by atoms with Crippen molar-refractivity contribution in [3.63, 3.8) is 0 Å². The monoisotopic (exact) mass is 324 g/mol. The third kappa shape index (κ3) is 2.78. The van der Waals surface area contributed by atoms with Gasteiger partial charge in [0.1, 0.15) is 5.15 Å². The highest BCUT2D eigenvalue weighted by molar-refractivity contribution is 7.89. The topological polar surface area (TPSA) is 59.1 Å². The molecule has 1 N–H and O–H groups in total. The molecule has 0 amide bonds. The molecule has 0 radical (unpaired) electrons. The van der Waals surface area contributed by atoms with Crippen molar-refractivity contribution in [2.24, 2.45) is 0 Å². The van der Waals surface area contributed by atoms with Crippen LogP contribution < -0.4 is 4.72 Å². The number of fused-ring (bicyclic) bond motifs is 1. The van der Waals surface area contributed by atoms with E-state index in [4.69, 9.17) is 11.6 Å². The number of hydrogen-bond acceptors (Lipinski definition) is 3. The number of nitrogens with zero attached hydrogens (tertiary/aromatic N) is 1. The molecule has 21 heavy (non-hydrogen) atoms. The van der Waals surface area contributed by atoms with Crippen molar-refractivity contribution >= 4 is 32.5 Å². The number of rotatable bonds is 4. The lowest BCUT2D eigenvalue weighted by Crippen LogP contribution is -2.52. The van der Waals surface area contributed by atoms with Gasteiger partial charge in [-0.25, -0.2) is 18.1 Å². The van der Waals surface area contributed by atoms with E-state index in [1.54, 1.807) is 30.3 Å². The van der Waals surface area contributed by atoms with E-state index < -0.39 is 10.0 Å². The summed E-state index contributed by atoms with van der Waals surface area (Å²) in [5, 5.41) is 1.16. The molecule has 0 saturated heterocycles. The van der Waals surface area contributed by atoms with Crippen LogP contribution in [0.25, 0.3) is 10.9 Å². The van der Waals surface area contributed by atoms with Crippen LogP contribution in [-0.4, -0.2) is 18.9 Å². The Kier molecular flexibility index (Phi) is 3.67. The van der Waals surface area contributed by atoms with Gasteiger partial charge in [-0.3, -0.25) is 0 Å². The minimum atomic E-state index is -3.50. The number of nitrogens with one attached hydrogen (secondary N) is 1. The zero-order valence-corrected chi connectivity index (χ0v) is 13.3. The second-order valence-corrected chi connectivity index (χ2v) is 7.65. The van der Waals surface area contributed by atoms with Gasteiger partial charge in [-0.1, -0.05) is 18.5 Å². The Labute approximate surface area is 129 Å². The summed E-state index contributed by atoms with van der Waals surface area (Å²) in [7, 11) is -3.50. The molecule has 0 spiro atoms. The van der Waals surface area contributed by atoms with Crippen LogP contribution in [0.4, 0.5) is 0 Å². The minimum absolute atomic E-state index is 0.258. The summed E-state index contributed by atoms with van der Waals surface area (Å²) in [5.41, 5.74) is 0.432. The summed E-state index contributed by atoms with van der Waals surface area (Å²) >= 11 is 5.84. The molecule has 112 valence electrons. The molecule has 0 aliphatic heterocycles. The van der Waals surface area contributed by atoms with Crippen LogP contribution in [0, 0.1) is 0 Å². The first-order valence-corrected chi connectivity index (χ1v) is 8.91. The second-order valence-electron chi connectivity index (χ2n) is 5.58. The molecule has 4 nitrogen and oxygen atoms in total. The molecule has 6 heteroatoms. The number of pyridine rings is 1. The summed E-state index contributed by atoms with van der Waals surface area (Å²) < 4.78 is 28.0. The fourth-order valence-electron chi connectivity index (χ4n) is 2.72. The number of halogens is 1. The molecule has 1 fully saturated rings. The van der Waals surface area contributed by atoms with E-state index in [1.807, 2.05) is 6.92 Å². The lowest BCUT2D eigenvalue weighted by molar-refractivity contribution is 0.214. The predicted octanol–water partition coefficient (Wildman–Crippen LogP) is 3.50. The van der Waals surface area contributed by atoms with E-state index in [0.29, 0.717) is 10.7 Å². The molecule has 2 aromatic rings. The zero-order chi connectivity index (χ0) is 15.1. The van der Waals surface area contributed by atoms with Crippen molar-refractivity contribution in [3.8, 4) is 0 Å². The molecular weight excluding hydrogens is 308 g/mol. The summed E-state index contributed by atoms with van der Waals surface area (Å²) in [6, 6.07) is 8.35. The largest absolute Gasteiger partial charge is 0.241 e. The van der Waals surface area contributed by atoms with Gasteiger partial charge in [0.2, 0.25) is 10.0 Å². The smallest absolute Gasteiger partial charge is 0.236 e. The molecule has 0 unspecified atom stereocenters. The number of aromatic nitrogens is 1. The van der Waals surface area contributed by atoms with Gasteiger partial charge >= 0.3 is 0 Å². The Morgan fingerprint density at radius 1 is 1.29 bits per heavy atom. The summed E-state index contributed by atoms with van der Waals surface area (Å²) in [5.74, 6) is 0. The van der Waals surface area contributed by atoms with Gasteiger partial charge in [0, 0.05) is 10.9 Å². The van der Waals surface area contributed by atoms with E-state index in [1.165, 1.54) is 0 Å². The molecule has 1 aromatic heterocycles. The van der Waals surface area contributed by atoms with E-state index in [9.17, 15) is 8.42 Å².